The molecule has 1 aromatic rings. The summed E-state index contributed by atoms with van der Waals surface area (Å²) in [6.45, 7) is 4.62. The maximum absolute atomic E-state index is 12.3. The molecule has 1 amide bonds. The topological polar surface area (TPSA) is 61.4 Å². The first-order valence-corrected chi connectivity index (χ1v) is 9.41. The number of carbonyl (C=O) groups excluding carboxylic acids is 1. The highest BCUT2D eigenvalue weighted by molar-refractivity contribution is 5.76. The van der Waals surface area contributed by atoms with Crippen LogP contribution in [0.5, 0.6) is 0 Å². The lowest BCUT2D eigenvalue weighted by Gasteiger charge is -2.27. The Kier molecular flexibility index (Phi) is 6.26. The van der Waals surface area contributed by atoms with Crippen LogP contribution < -0.4 is 10.2 Å². The molecule has 132 valence electrons. The van der Waals surface area contributed by atoms with Crippen LogP contribution in [0.3, 0.4) is 0 Å². The average Bonchev–Trinajstić information content (AvgIpc) is 2.92. The maximum atomic E-state index is 12.3. The summed E-state index contributed by atoms with van der Waals surface area (Å²) in [4.78, 5) is 25.3. The number of rotatable bonds is 5. The molecule has 0 bridgehead atoms. The summed E-state index contributed by atoms with van der Waals surface area (Å²) in [5, 5.41) is 3.28. The van der Waals surface area contributed by atoms with Gasteiger partial charge >= 0.3 is 0 Å². The summed E-state index contributed by atoms with van der Waals surface area (Å²) in [5.41, 5.74) is 0. The summed E-state index contributed by atoms with van der Waals surface area (Å²) >= 11 is 0. The summed E-state index contributed by atoms with van der Waals surface area (Å²) in [7, 11) is 0. The number of piperidine rings is 1. The van der Waals surface area contributed by atoms with Gasteiger partial charge in [0.25, 0.3) is 0 Å². The number of nitrogens with one attached hydrogen (secondary N) is 1. The number of likely N-dealkylation sites (tertiary alicyclic amines) is 1. The molecule has 0 unspecified atom stereocenters. The highest BCUT2D eigenvalue weighted by Crippen LogP contribution is 2.19. The zero-order chi connectivity index (χ0) is 16.6. The Hall–Kier alpha value is -1.85. The van der Waals surface area contributed by atoms with Gasteiger partial charge in [-0.3, -0.25) is 4.79 Å². The van der Waals surface area contributed by atoms with Gasteiger partial charge in [-0.2, -0.15) is 0 Å². The van der Waals surface area contributed by atoms with Gasteiger partial charge in [0.2, 0.25) is 5.91 Å². The maximum Gasteiger partial charge on any atom is 0.224 e. The Labute approximate surface area is 144 Å². The molecule has 2 saturated heterocycles. The average molecular weight is 331 g/mol. The van der Waals surface area contributed by atoms with E-state index in [4.69, 9.17) is 0 Å². The minimum Gasteiger partial charge on any atom is -0.369 e. The third-order valence-corrected chi connectivity index (χ3v) is 4.94. The molecular weight excluding hydrogens is 302 g/mol. The van der Waals surface area contributed by atoms with Crippen LogP contribution in [0.15, 0.2) is 12.4 Å². The largest absolute Gasteiger partial charge is 0.369 e. The molecule has 0 saturated carbocycles. The minimum absolute atomic E-state index is 0.259. The molecule has 6 heteroatoms. The van der Waals surface area contributed by atoms with Crippen molar-refractivity contribution in [3.05, 3.63) is 12.4 Å². The summed E-state index contributed by atoms with van der Waals surface area (Å²) in [6, 6.07) is 2.00. The van der Waals surface area contributed by atoms with Crippen LogP contribution in [0.2, 0.25) is 0 Å². The molecular formula is C18H29N5O. The van der Waals surface area contributed by atoms with Crippen molar-refractivity contribution in [2.75, 3.05) is 42.9 Å². The molecule has 0 spiro atoms. The van der Waals surface area contributed by atoms with Crippen LogP contribution in [0, 0.1) is 0 Å². The third kappa shape index (κ3) is 4.82. The van der Waals surface area contributed by atoms with Crippen molar-refractivity contribution in [3.8, 4) is 0 Å². The quantitative estimate of drug-likeness (QED) is 0.899. The zero-order valence-corrected chi connectivity index (χ0v) is 14.5. The molecule has 3 heterocycles. The normalized spacial score (nSPS) is 19.0. The summed E-state index contributed by atoms with van der Waals surface area (Å²) in [5.74, 6) is 2.06. The molecule has 2 aliphatic heterocycles. The van der Waals surface area contributed by atoms with Gasteiger partial charge in [0.15, 0.2) is 0 Å². The Morgan fingerprint density at radius 1 is 0.958 bits per heavy atom. The van der Waals surface area contributed by atoms with Crippen LogP contribution in [-0.4, -0.2) is 53.5 Å². The van der Waals surface area contributed by atoms with Gasteiger partial charge in [0.1, 0.15) is 18.0 Å². The van der Waals surface area contributed by atoms with E-state index in [1.54, 1.807) is 6.33 Å². The molecule has 0 radical (unpaired) electrons. The van der Waals surface area contributed by atoms with Crippen molar-refractivity contribution in [3.63, 3.8) is 0 Å². The van der Waals surface area contributed by atoms with Gasteiger partial charge in [-0.25, -0.2) is 9.97 Å². The molecule has 2 fully saturated rings. The summed E-state index contributed by atoms with van der Waals surface area (Å²) in [6.07, 6.45) is 10.7. The molecule has 3 rings (SSSR count). The number of aromatic nitrogens is 2. The van der Waals surface area contributed by atoms with Crippen molar-refractivity contribution in [1.29, 1.82) is 0 Å². The van der Waals surface area contributed by atoms with E-state index >= 15 is 0 Å². The number of carbonyl (C=O) groups is 1. The van der Waals surface area contributed by atoms with Crippen LogP contribution in [0.4, 0.5) is 11.6 Å². The molecule has 0 atom stereocenters. The van der Waals surface area contributed by atoms with Crippen LogP contribution in [0.1, 0.15) is 51.4 Å². The highest BCUT2D eigenvalue weighted by atomic mass is 16.2. The van der Waals surface area contributed by atoms with Crippen LogP contribution in [0.25, 0.3) is 0 Å². The monoisotopic (exact) mass is 331 g/mol. The minimum atomic E-state index is 0.259. The fraction of sp³-hybridized carbons (Fsp3) is 0.722. The van der Waals surface area contributed by atoms with E-state index in [1.807, 2.05) is 11.0 Å². The predicted molar refractivity (Wildman–Crippen MR) is 96.3 cm³/mol. The zero-order valence-electron chi connectivity index (χ0n) is 14.5. The first-order valence-electron chi connectivity index (χ1n) is 9.41. The van der Waals surface area contributed by atoms with Gasteiger partial charge in [-0.05, 0) is 32.1 Å². The van der Waals surface area contributed by atoms with Gasteiger partial charge in [0, 0.05) is 45.2 Å². The third-order valence-electron chi connectivity index (χ3n) is 4.94. The first kappa shape index (κ1) is 17.0. The molecule has 24 heavy (non-hydrogen) atoms. The lowest BCUT2D eigenvalue weighted by molar-refractivity contribution is -0.130. The number of hydrogen-bond donors (Lipinski definition) is 1. The SMILES string of the molecule is O=C(CCNc1cc(N2CCCCC2)ncn1)N1CCCCCC1. The Morgan fingerprint density at radius 3 is 2.38 bits per heavy atom. The van der Waals surface area contributed by atoms with E-state index < -0.39 is 0 Å². The van der Waals surface area contributed by atoms with Gasteiger partial charge < -0.3 is 15.1 Å². The first-order chi connectivity index (χ1) is 11.8. The van der Waals surface area contributed by atoms with E-state index in [1.165, 1.54) is 32.1 Å². The van der Waals surface area contributed by atoms with Crippen LogP contribution >= 0.6 is 0 Å². The number of hydrogen-bond acceptors (Lipinski definition) is 5. The van der Waals surface area contributed by atoms with Crippen molar-refractivity contribution in [2.24, 2.45) is 0 Å². The lowest BCUT2D eigenvalue weighted by atomic mass is 10.1. The fourth-order valence-corrected chi connectivity index (χ4v) is 3.52. The number of amides is 1. The van der Waals surface area contributed by atoms with E-state index in [0.717, 1.165) is 50.7 Å². The van der Waals surface area contributed by atoms with Gasteiger partial charge in [0.05, 0.1) is 0 Å². The Bertz CT molecular complexity index is 522. The number of anilines is 2. The second-order valence-corrected chi connectivity index (χ2v) is 6.78. The molecule has 0 aliphatic carbocycles. The lowest BCUT2D eigenvalue weighted by Crippen LogP contribution is -2.33. The Morgan fingerprint density at radius 2 is 1.62 bits per heavy atom. The molecule has 1 aromatic heterocycles. The second kappa shape index (κ2) is 8.85. The second-order valence-electron chi connectivity index (χ2n) is 6.78. The van der Waals surface area contributed by atoms with E-state index in [0.29, 0.717) is 13.0 Å². The molecule has 0 aromatic carbocycles. The molecule has 1 N–H and O–H groups in total. The van der Waals surface area contributed by atoms with Crippen LogP contribution in [-0.2, 0) is 4.79 Å². The van der Waals surface area contributed by atoms with E-state index in [2.05, 4.69) is 20.2 Å². The predicted octanol–water partition coefficient (Wildman–Crippen LogP) is 2.67. The van der Waals surface area contributed by atoms with Crippen molar-refractivity contribution in [2.45, 2.75) is 51.4 Å². The highest BCUT2D eigenvalue weighted by Gasteiger charge is 2.15. The van der Waals surface area contributed by atoms with Gasteiger partial charge in [-0.1, -0.05) is 12.8 Å². The van der Waals surface area contributed by atoms with E-state index in [9.17, 15) is 4.79 Å². The summed E-state index contributed by atoms with van der Waals surface area (Å²) < 4.78 is 0. The number of nitrogens with zero attached hydrogens (tertiary/aromatic N) is 4. The molecule has 6 nitrogen and oxygen atoms in total. The van der Waals surface area contributed by atoms with Crippen molar-refractivity contribution < 1.29 is 4.79 Å². The van der Waals surface area contributed by atoms with E-state index in [-0.39, 0.29) is 5.91 Å². The molecule has 2 aliphatic rings. The standard InChI is InChI=1S/C18H29N5O/c24-18(23-12-4-1-2-5-13-23)8-9-19-16-14-17(21-15-20-16)22-10-6-3-7-11-22/h14-15H,1-13H2,(H,19,20,21). The van der Waals surface area contributed by atoms with Gasteiger partial charge in [-0.15, -0.1) is 0 Å². The van der Waals surface area contributed by atoms with Crippen molar-refractivity contribution >= 4 is 17.5 Å². The fourth-order valence-electron chi connectivity index (χ4n) is 3.52. The smallest absolute Gasteiger partial charge is 0.224 e. The Balaban J connectivity index is 1.46. The van der Waals surface area contributed by atoms with Crippen molar-refractivity contribution in [1.82, 2.24) is 14.9 Å².